The molecule has 1 amide bonds. The van der Waals surface area contributed by atoms with Crippen molar-refractivity contribution in [3.05, 3.63) is 70.6 Å². The van der Waals surface area contributed by atoms with Gasteiger partial charge >= 0.3 is 0 Å². The van der Waals surface area contributed by atoms with Gasteiger partial charge in [0, 0.05) is 31.6 Å². The van der Waals surface area contributed by atoms with Gasteiger partial charge in [0.05, 0.1) is 16.8 Å². The van der Waals surface area contributed by atoms with E-state index >= 15 is 0 Å². The van der Waals surface area contributed by atoms with Crippen LogP contribution < -0.4 is 4.90 Å². The lowest BCUT2D eigenvalue weighted by molar-refractivity contribution is 0.0742. The molecule has 5 rings (SSSR count). The molecule has 0 spiro atoms. The summed E-state index contributed by atoms with van der Waals surface area (Å²) in [6, 6.07) is 14.0. The van der Waals surface area contributed by atoms with Crippen molar-refractivity contribution in [2.75, 3.05) is 31.1 Å². The molecule has 0 N–H and O–H groups in total. The van der Waals surface area contributed by atoms with Gasteiger partial charge in [-0.1, -0.05) is 35.9 Å². The number of aromatic nitrogens is 3. The van der Waals surface area contributed by atoms with Crippen molar-refractivity contribution in [2.24, 2.45) is 0 Å². The number of amides is 1. The summed E-state index contributed by atoms with van der Waals surface area (Å²) in [5.74, 6) is 0.0437. The summed E-state index contributed by atoms with van der Waals surface area (Å²) in [4.78, 5) is 21.4. The Kier molecular flexibility index (Phi) is 4.55. The first-order valence-corrected chi connectivity index (χ1v) is 10.1. The van der Waals surface area contributed by atoms with Crippen LogP contribution in [0.4, 0.5) is 10.2 Å². The second kappa shape index (κ2) is 7.25. The van der Waals surface area contributed by atoms with E-state index in [1.807, 2.05) is 31.2 Å². The summed E-state index contributed by atoms with van der Waals surface area (Å²) < 4.78 is 15.8. The van der Waals surface area contributed by atoms with Gasteiger partial charge < -0.3 is 9.80 Å². The summed E-state index contributed by atoms with van der Waals surface area (Å²) in [6.07, 6.45) is 0. The Bertz CT molecular complexity index is 1280. The highest BCUT2D eigenvalue weighted by molar-refractivity contribution is 6.34. The van der Waals surface area contributed by atoms with Crippen molar-refractivity contribution in [3.63, 3.8) is 0 Å². The maximum absolute atomic E-state index is 14.0. The van der Waals surface area contributed by atoms with Crippen LogP contribution in [0, 0.1) is 12.7 Å². The number of halogens is 2. The second-order valence-electron chi connectivity index (χ2n) is 7.35. The number of hydrogen-bond donors (Lipinski definition) is 0. The van der Waals surface area contributed by atoms with Crippen LogP contribution in [0.1, 0.15) is 16.1 Å². The number of anilines is 1. The molecule has 1 saturated heterocycles. The lowest BCUT2D eigenvalue weighted by Gasteiger charge is -2.36. The van der Waals surface area contributed by atoms with Gasteiger partial charge in [-0.05, 0) is 31.2 Å². The topological polar surface area (TPSA) is 53.7 Å². The predicted octanol–water partition coefficient (Wildman–Crippen LogP) is 3.95. The molecule has 1 aliphatic rings. The van der Waals surface area contributed by atoms with E-state index < -0.39 is 5.82 Å². The van der Waals surface area contributed by atoms with Crippen LogP contribution in [0.15, 0.2) is 48.5 Å². The van der Waals surface area contributed by atoms with Crippen molar-refractivity contribution in [1.29, 1.82) is 0 Å². The van der Waals surface area contributed by atoms with E-state index in [1.54, 1.807) is 21.5 Å². The van der Waals surface area contributed by atoms with Gasteiger partial charge in [0.1, 0.15) is 16.7 Å². The lowest BCUT2D eigenvalue weighted by atomic mass is 10.1. The molecule has 1 aliphatic heterocycles. The second-order valence-corrected chi connectivity index (χ2v) is 7.72. The monoisotopic (exact) mass is 423 g/mol. The highest BCUT2D eigenvalue weighted by atomic mass is 35.5. The molecule has 0 unspecified atom stereocenters. The van der Waals surface area contributed by atoms with Crippen LogP contribution in [0.3, 0.4) is 0 Å². The summed E-state index contributed by atoms with van der Waals surface area (Å²) in [7, 11) is 0. The smallest absolute Gasteiger partial charge is 0.256 e. The molecule has 0 bridgehead atoms. The fourth-order valence-electron chi connectivity index (χ4n) is 3.94. The zero-order valence-corrected chi connectivity index (χ0v) is 17.1. The Balaban J connectivity index is 1.47. The van der Waals surface area contributed by atoms with Crippen LogP contribution in [0.25, 0.3) is 16.6 Å². The third-order valence-electron chi connectivity index (χ3n) is 5.52. The van der Waals surface area contributed by atoms with Gasteiger partial charge in [0.15, 0.2) is 5.65 Å². The first-order valence-electron chi connectivity index (χ1n) is 9.77. The number of hydrogen-bond acceptors (Lipinski definition) is 4. The van der Waals surface area contributed by atoms with E-state index in [2.05, 4.69) is 10.00 Å². The Morgan fingerprint density at radius 2 is 1.73 bits per heavy atom. The van der Waals surface area contributed by atoms with E-state index in [9.17, 15) is 9.18 Å². The third kappa shape index (κ3) is 2.97. The number of piperazine rings is 1. The molecular formula is C22H19ClFN5O. The van der Waals surface area contributed by atoms with Gasteiger partial charge in [0.25, 0.3) is 5.91 Å². The maximum Gasteiger partial charge on any atom is 0.256 e. The number of aryl methyl sites for hydroxylation is 1. The average molecular weight is 424 g/mol. The van der Waals surface area contributed by atoms with Crippen molar-refractivity contribution in [2.45, 2.75) is 6.92 Å². The number of nitrogens with zero attached hydrogens (tertiary/aromatic N) is 5. The number of carbonyl (C=O) groups excluding carboxylic acids is 1. The zero-order valence-electron chi connectivity index (χ0n) is 16.3. The van der Waals surface area contributed by atoms with Crippen molar-refractivity contribution in [1.82, 2.24) is 19.5 Å². The molecule has 30 heavy (non-hydrogen) atoms. The molecule has 2 aromatic carbocycles. The standard InChI is InChI=1S/C22H19ClFN5O/c1-14-19(23)21-25-20(16-7-3-5-9-18(16)29(21)26-14)27-10-12-28(13-11-27)22(30)15-6-2-4-8-17(15)24/h2-9H,10-13H2,1H3. The normalized spacial score (nSPS) is 14.6. The minimum absolute atomic E-state index is 0.109. The van der Waals surface area contributed by atoms with Crippen LogP contribution in [0.2, 0.25) is 5.02 Å². The summed E-state index contributed by atoms with van der Waals surface area (Å²) in [5, 5.41) is 6.03. The third-order valence-corrected chi connectivity index (χ3v) is 5.96. The molecule has 0 atom stereocenters. The number of benzene rings is 2. The van der Waals surface area contributed by atoms with E-state index in [1.165, 1.54) is 12.1 Å². The van der Waals surface area contributed by atoms with Gasteiger partial charge in [0.2, 0.25) is 0 Å². The largest absolute Gasteiger partial charge is 0.352 e. The van der Waals surface area contributed by atoms with E-state index in [4.69, 9.17) is 16.6 Å². The summed E-state index contributed by atoms with van der Waals surface area (Å²) >= 11 is 6.45. The number of rotatable bonds is 2. The minimum atomic E-state index is -0.492. The Hall–Kier alpha value is -3.19. The van der Waals surface area contributed by atoms with Crippen molar-refractivity contribution < 1.29 is 9.18 Å². The molecule has 2 aromatic heterocycles. The zero-order chi connectivity index (χ0) is 20.8. The quantitative estimate of drug-likeness (QED) is 0.490. The van der Waals surface area contributed by atoms with Crippen molar-refractivity contribution >= 4 is 39.9 Å². The average Bonchev–Trinajstić information content (AvgIpc) is 3.07. The molecule has 3 heterocycles. The molecule has 4 aromatic rings. The minimum Gasteiger partial charge on any atom is -0.352 e. The molecule has 0 saturated carbocycles. The summed E-state index contributed by atoms with van der Waals surface area (Å²) in [6.45, 7) is 4.02. The molecule has 152 valence electrons. The SMILES string of the molecule is Cc1nn2c(nc(N3CCN(C(=O)c4ccccc4F)CC3)c3ccccc32)c1Cl. The molecule has 8 heteroatoms. The fraction of sp³-hybridized carbons (Fsp3) is 0.227. The molecule has 0 radical (unpaired) electrons. The molecule has 0 aliphatic carbocycles. The fourth-order valence-corrected chi connectivity index (χ4v) is 4.10. The van der Waals surface area contributed by atoms with Crippen LogP contribution in [-0.2, 0) is 0 Å². The molecule has 1 fully saturated rings. The number of para-hydroxylation sites is 1. The Labute approximate surface area is 177 Å². The van der Waals surface area contributed by atoms with Gasteiger partial charge in [-0.15, -0.1) is 0 Å². The van der Waals surface area contributed by atoms with Gasteiger partial charge in [-0.3, -0.25) is 4.79 Å². The highest BCUT2D eigenvalue weighted by Gasteiger charge is 2.26. The Morgan fingerprint density at radius 1 is 1.03 bits per heavy atom. The maximum atomic E-state index is 14.0. The van der Waals surface area contributed by atoms with Gasteiger partial charge in [-0.25, -0.2) is 13.9 Å². The van der Waals surface area contributed by atoms with Gasteiger partial charge in [-0.2, -0.15) is 5.10 Å². The summed E-state index contributed by atoms with van der Waals surface area (Å²) in [5.41, 5.74) is 2.38. The van der Waals surface area contributed by atoms with Crippen molar-refractivity contribution in [3.8, 4) is 0 Å². The number of carbonyl (C=O) groups is 1. The lowest BCUT2D eigenvalue weighted by Crippen LogP contribution is -2.49. The first kappa shape index (κ1) is 18.8. The van der Waals surface area contributed by atoms with Crippen LogP contribution in [-0.4, -0.2) is 51.6 Å². The highest BCUT2D eigenvalue weighted by Crippen LogP contribution is 2.30. The van der Waals surface area contributed by atoms with E-state index in [0.717, 1.165) is 22.4 Å². The van der Waals surface area contributed by atoms with E-state index in [-0.39, 0.29) is 11.5 Å². The first-order chi connectivity index (χ1) is 14.5. The molecular weight excluding hydrogens is 405 g/mol. The van der Waals surface area contributed by atoms with Crippen LogP contribution >= 0.6 is 11.6 Å². The predicted molar refractivity (Wildman–Crippen MR) is 115 cm³/mol. The molecule has 6 nitrogen and oxygen atoms in total. The van der Waals surface area contributed by atoms with E-state index in [0.29, 0.717) is 36.8 Å². The number of fused-ring (bicyclic) bond motifs is 3. The van der Waals surface area contributed by atoms with Crippen LogP contribution in [0.5, 0.6) is 0 Å². The Morgan fingerprint density at radius 3 is 2.50 bits per heavy atom.